The van der Waals surface area contributed by atoms with Crippen LogP contribution in [0.3, 0.4) is 0 Å². The van der Waals surface area contributed by atoms with E-state index in [1.165, 1.54) is 0 Å². The maximum absolute atomic E-state index is 12.4. The van der Waals surface area contributed by atoms with Gasteiger partial charge in [0, 0.05) is 0 Å². The lowest BCUT2D eigenvalue weighted by molar-refractivity contribution is -0.130. The van der Waals surface area contributed by atoms with E-state index >= 15 is 0 Å². The average Bonchev–Trinajstić information content (AvgIpc) is 2.53. The zero-order valence-electron chi connectivity index (χ0n) is 11.5. The molecule has 1 aliphatic carbocycles. The lowest BCUT2D eigenvalue weighted by Crippen LogP contribution is -2.43. The molecule has 1 aromatic carbocycles. The molecule has 0 spiro atoms. The summed E-state index contributed by atoms with van der Waals surface area (Å²) < 4.78 is 0. The smallest absolute Gasteiger partial charge is 0.241 e. The van der Waals surface area contributed by atoms with Gasteiger partial charge in [0.2, 0.25) is 5.91 Å². The van der Waals surface area contributed by atoms with Crippen LogP contribution in [-0.4, -0.2) is 17.6 Å². The molecule has 106 valence electrons. The van der Waals surface area contributed by atoms with Crippen molar-refractivity contribution in [1.82, 2.24) is 5.32 Å². The Kier molecular flexibility index (Phi) is 4.75. The molecule has 4 heteroatoms. The fraction of sp³-hybridized carbons (Fsp3) is 0.500. The van der Waals surface area contributed by atoms with Crippen LogP contribution in [0.1, 0.15) is 43.7 Å². The van der Waals surface area contributed by atoms with Gasteiger partial charge in [0.15, 0.2) is 0 Å². The third-order valence-corrected chi connectivity index (χ3v) is 4.05. The number of hydrogen-bond donors (Lipinski definition) is 2. The number of benzene rings is 1. The molecule has 1 aromatic rings. The van der Waals surface area contributed by atoms with E-state index in [9.17, 15) is 15.2 Å². The van der Waals surface area contributed by atoms with Crippen LogP contribution in [0.5, 0.6) is 0 Å². The van der Waals surface area contributed by atoms with Crippen molar-refractivity contribution in [2.45, 2.75) is 38.1 Å². The monoisotopic (exact) mass is 272 g/mol. The highest BCUT2D eigenvalue weighted by molar-refractivity contribution is 5.85. The van der Waals surface area contributed by atoms with Gasteiger partial charge in [-0.15, -0.1) is 0 Å². The molecular weight excluding hydrogens is 252 g/mol. The summed E-state index contributed by atoms with van der Waals surface area (Å²) in [7, 11) is 0. The summed E-state index contributed by atoms with van der Waals surface area (Å²) in [4.78, 5) is 12.4. The zero-order chi connectivity index (χ0) is 14.4. The molecule has 0 saturated heterocycles. The average molecular weight is 272 g/mol. The highest BCUT2D eigenvalue weighted by atomic mass is 16.3. The van der Waals surface area contributed by atoms with Gasteiger partial charge in [-0.2, -0.15) is 5.26 Å². The first-order chi connectivity index (χ1) is 9.72. The second-order valence-electron chi connectivity index (χ2n) is 5.37. The number of aliphatic hydroxyl groups is 1. The molecule has 1 atom stereocenters. The van der Waals surface area contributed by atoms with E-state index in [0.29, 0.717) is 12.8 Å². The van der Waals surface area contributed by atoms with Crippen molar-refractivity contribution < 1.29 is 9.90 Å². The summed E-state index contributed by atoms with van der Waals surface area (Å²) in [6.45, 7) is -0.169. The van der Waals surface area contributed by atoms with Gasteiger partial charge in [-0.05, 0) is 18.4 Å². The van der Waals surface area contributed by atoms with Crippen LogP contribution in [-0.2, 0) is 4.79 Å². The van der Waals surface area contributed by atoms with Crippen molar-refractivity contribution in [3.05, 3.63) is 35.9 Å². The van der Waals surface area contributed by atoms with Crippen LogP contribution in [0.15, 0.2) is 30.3 Å². The van der Waals surface area contributed by atoms with Crippen LogP contribution in [0.25, 0.3) is 0 Å². The van der Waals surface area contributed by atoms with Crippen molar-refractivity contribution in [3.8, 4) is 6.07 Å². The molecule has 1 amide bonds. The first-order valence-corrected chi connectivity index (χ1v) is 7.10. The largest absolute Gasteiger partial charge is 0.394 e. The van der Waals surface area contributed by atoms with Crippen LogP contribution in [0.4, 0.5) is 0 Å². The third-order valence-electron chi connectivity index (χ3n) is 4.05. The Morgan fingerprint density at radius 2 is 1.95 bits per heavy atom. The van der Waals surface area contributed by atoms with E-state index in [1.54, 1.807) is 0 Å². The van der Waals surface area contributed by atoms with Gasteiger partial charge in [-0.1, -0.05) is 49.6 Å². The zero-order valence-corrected chi connectivity index (χ0v) is 11.5. The Bertz CT molecular complexity index is 487. The molecule has 20 heavy (non-hydrogen) atoms. The van der Waals surface area contributed by atoms with Crippen LogP contribution < -0.4 is 5.32 Å². The topological polar surface area (TPSA) is 73.1 Å². The molecule has 0 aromatic heterocycles. The van der Waals surface area contributed by atoms with E-state index in [-0.39, 0.29) is 12.5 Å². The predicted molar refractivity (Wildman–Crippen MR) is 75.5 cm³/mol. The predicted octanol–water partition coefficient (Wildman–Crippen LogP) is 2.31. The second kappa shape index (κ2) is 6.53. The number of carbonyl (C=O) groups excluding carboxylic acids is 1. The minimum atomic E-state index is -0.916. The van der Waals surface area contributed by atoms with Gasteiger partial charge in [0.05, 0.1) is 18.7 Å². The van der Waals surface area contributed by atoms with Crippen LogP contribution in [0.2, 0.25) is 0 Å². The Morgan fingerprint density at radius 1 is 1.30 bits per heavy atom. The van der Waals surface area contributed by atoms with E-state index in [4.69, 9.17) is 0 Å². The van der Waals surface area contributed by atoms with E-state index in [1.807, 2.05) is 30.3 Å². The molecule has 0 unspecified atom stereocenters. The second-order valence-corrected chi connectivity index (χ2v) is 5.37. The number of hydrogen-bond acceptors (Lipinski definition) is 3. The van der Waals surface area contributed by atoms with E-state index < -0.39 is 11.5 Å². The highest BCUT2D eigenvalue weighted by Crippen LogP contribution is 2.36. The number of nitrogens with one attached hydrogen (secondary N) is 1. The molecule has 2 N–H and O–H groups in total. The van der Waals surface area contributed by atoms with E-state index in [0.717, 1.165) is 24.8 Å². The minimum Gasteiger partial charge on any atom is -0.394 e. The normalized spacial score (nSPS) is 18.8. The first kappa shape index (κ1) is 14.5. The fourth-order valence-electron chi connectivity index (χ4n) is 2.76. The quantitative estimate of drug-likeness (QED) is 0.883. The molecule has 1 saturated carbocycles. The minimum absolute atomic E-state index is 0.169. The molecule has 4 nitrogen and oxygen atoms in total. The maximum atomic E-state index is 12.4. The van der Waals surface area contributed by atoms with Gasteiger partial charge >= 0.3 is 0 Å². The number of amides is 1. The Balaban J connectivity index is 2.11. The summed E-state index contributed by atoms with van der Waals surface area (Å²) in [5.41, 5.74) is -0.0623. The Labute approximate surface area is 119 Å². The molecule has 0 radical (unpaired) electrons. The van der Waals surface area contributed by atoms with Gasteiger partial charge in [0.1, 0.15) is 5.41 Å². The van der Waals surface area contributed by atoms with Crippen LogP contribution in [0, 0.1) is 16.7 Å². The number of rotatable bonds is 4. The van der Waals surface area contributed by atoms with Gasteiger partial charge in [-0.3, -0.25) is 4.79 Å². The van der Waals surface area contributed by atoms with Gasteiger partial charge in [0.25, 0.3) is 0 Å². The standard InChI is InChI=1S/C16H20N2O2/c17-12-16(9-5-2-6-10-16)15(20)18-14(11-19)13-7-3-1-4-8-13/h1,3-4,7-8,14,19H,2,5-6,9-11H2,(H,18,20)/t14-/m1/s1. The first-order valence-electron chi connectivity index (χ1n) is 7.10. The fourth-order valence-corrected chi connectivity index (χ4v) is 2.76. The summed E-state index contributed by atoms with van der Waals surface area (Å²) in [6.07, 6.45) is 4.13. The van der Waals surface area contributed by atoms with Gasteiger partial charge in [-0.25, -0.2) is 0 Å². The molecular formula is C16H20N2O2. The van der Waals surface area contributed by atoms with Crippen molar-refractivity contribution in [2.24, 2.45) is 5.41 Å². The van der Waals surface area contributed by atoms with Gasteiger partial charge < -0.3 is 10.4 Å². The number of nitriles is 1. The van der Waals surface area contributed by atoms with Crippen molar-refractivity contribution in [3.63, 3.8) is 0 Å². The molecule has 1 fully saturated rings. The molecule has 0 heterocycles. The van der Waals surface area contributed by atoms with Crippen LogP contribution >= 0.6 is 0 Å². The Hall–Kier alpha value is -1.86. The lowest BCUT2D eigenvalue weighted by Gasteiger charge is -2.31. The number of carbonyl (C=O) groups is 1. The molecule has 1 aliphatic rings. The van der Waals surface area contributed by atoms with E-state index in [2.05, 4.69) is 11.4 Å². The Morgan fingerprint density at radius 3 is 2.50 bits per heavy atom. The lowest BCUT2D eigenvalue weighted by atomic mass is 9.74. The molecule has 2 rings (SSSR count). The van der Waals surface area contributed by atoms with Crippen molar-refractivity contribution >= 4 is 5.91 Å². The highest BCUT2D eigenvalue weighted by Gasteiger charge is 2.40. The summed E-state index contributed by atoms with van der Waals surface area (Å²) >= 11 is 0. The van der Waals surface area contributed by atoms with Crippen molar-refractivity contribution in [2.75, 3.05) is 6.61 Å². The number of nitrogens with zero attached hydrogens (tertiary/aromatic N) is 1. The summed E-state index contributed by atoms with van der Waals surface area (Å²) in [6, 6.07) is 11.1. The maximum Gasteiger partial charge on any atom is 0.241 e. The summed E-state index contributed by atoms with van der Waals surface area (Å²) in [5, 5.41) is 21.7. The number of aliphatic hydroxyl groups excluding tert-OH is 1. The summed E-state index contributed by atoms with van der Waals surface area (Å²) in [5.74, 6) is -0.248. The van der Waals surface area contributed by atoms with Crippen molar-refractivity contribution in [1.29, 1.82) is 5.26 Å². The molecule has 0 aliphatic heterocycles. The SMILES string of the molecule is N#CC1(C(=O)N[C@H](CO)c2ccccc2)CCCCC1. The third kappa shape index (κ3) is 3.00. The molecule has 0 bridgehead atoms.